The zero-order valence-corrected chi connectivity index (χ0v) is 23.4. The van der Waals surface area contributed by atoms with Crippen LogP contribution in [0.3, 0.4) is 0 Å². The van der Waals surface area contributed by atoms with Crippen molar-refractivity contribution in [3.8, 4) is 0 Å². The topological polar surface area (TPSA) is 87.7 Å². The van der Waals surface area contributed by atoms with Crippen LogP contribution in [0.2, 0.25) is 0 Å². The van der Waals surface area contributed by atoms with E-state index in [1.165, 1.54) is 0 Å². The monoisotopic (exact) mass is 517 g/mol. The number of hydrogen-bond acceptors (Lipinski definition) is 4. The molecule has 0 aliphatic heterocycles. The highest BCUT2D eigenvalue weighted by Crippen LogP contribution is 2.30. The number of fused-ring (bicyclic) bond motifs is 1. The Morgan fingerprint density at radius 1 is 0.947 bits per heavy atom. The fraction of sp³-hybridized carbons (Fsp3) is 0.387. The first kappa shape index (κ1) is 28.7. The molecule has 3 rings (SSSR count). The third-order valence-electron chi connectivity index (χ3n) is 6.62. The number of anilines is 1. The molecule has 3 aromatic carbocycles. The second-order valence-electron chi connectivity index (χ2n) is 10.7. The number of carbonyl (C=O) groups excluding carboxylic acids is 3. The van der Waals surface area contributed by atoms with Crippen LogP contribution < -0.4 is 10.6 Å². The van der Waals surface area contributed by atoms with E-state index in [0.717, 1.165) is 27.5 Å². The molecule has 3 aromatic rings. The number of benzene rings is 3. The summed E-state index contributed by atoms with van der Waals surface area (Å²) >= 11 is 0. The van der Waals surface area contributed by atoms with Gasteiger partial charge in [0.25, 0.3) is 5.91 Å². The van der Waals surface area contributed by atoms with E-state index in [9.17, 15) is 14.4 Å². The average molecular weight is 518 g/mol. The predicted molar refractivity (Wildman–Crippen MR) is 152 cm³/mol. The molecule has 2 atom stereocenters. The van der Waals surface area contributed by atoms with Gasteiger partial charge in [-0.25, -0.2) is 4.79 Å². The van der Waals surface area contributed by atoms with Gasteiger partial charge in [-0.2, -0.15) is 0 Å². The minimum atomic E-state index is -0.899. The molecule has 0 spiro atoms. The molecule has 0 aliphatic rings. The Balaban J connectivity index is 1.98. The highest BCUT2D eigenvalue weighted by atomic mass is 16.6. The zero-order chi connectivity index (χ0) is 28.0. The molecule has 2 N–H and O–H groups in total. The molecule has 0 heterocycles. The fourth-order valence-electron chi connectivity index (χ4n) is 4.36. The van der Waals surface area contributed by atoms with E-state index in [4.69, 9.17) is 4.74 Å². The Morgan fingerprint density at radius 3 is 2.29 bits per heavy atom. The van der Waals surface area contributed by atoms with E-state index in [0.29, 0.717) is 12.1 Å². The lowest BCUT2D eigenvalue weighted by molar-refractivity contribution is -0.140. The predicted octanol–water partition coefficient (Wildman–Crippen LogP) is 6.29. The van der Waals surface area contributed by atoms with E-state index < -0.39 is 17.7 Å². The minimum Gasteiger partial charge on any atom is -0.444 e. The average Bonchev–Trinajstić information content (AvgIpc) is 2.86. The van der Waals surface area contributed by atoms with Crippen LogP contribution in [0.4, 0.5) is 10.5 Å². The number of amides is 3. The highest BCUT2D eigenvalue weighted by Gasteiger charge is 2.35. The summed E-state index contributed by atoms with van der Waals surface area (Å²) in [5.41, 5.74) is 2.66. The number of hydrogen-bond donors (Lipinski definition) is 2. The number of carbonyl (C=O) groups is 3. The first-order chi connectivity index (χ1) is 17.9. The highest BCUT2D eigenvalue weighted by molar-refractivity contribution is 6.00. The second-order valence-corrected chi connectivity index (χ2v) is 10.7. The van der Waals surface area contributed by atoms with E-state index >= 15 is 0 Å². The summed E-state index contributed by atoms with van der Waals surface area (Å²) in [6.07, 6.45) is -0.0538. The molecular weight excluding hydrogens is 478 g/mol. The number of alkyl carbamates (subject to hydrolysis) is 1. The third kappa shape index (κ3) is 7.12. The van der Waals surface area contributed by atoms with Crippen molar-refractivity contribution in [2.45, 2.75) is 72.6 Å². The lowest BCUT2D eigenvalue weighted by atomic mass is 9.94. The largest absolute Gasteiger partial charge is 0.444 e. The van der Waals surface area contributed by atoms with Crippen LogP contribution >= 0.6 is 0 Å². The lowest BCUT2D eigenvalue weighted by Gasteiger charge is -2.36. The maximum atomic E-state index is 14.0. The van der Waals surface area contributed by atoms with E-state index in [-0.39, 0.29) is 24.4 Å². The molecule has 202 valence electrons. The van der Waals surface area contributed by atoms with Gasteiger partial charge in [-0.1, -0.05) is 55.5 Å². The fourth-order valence-corrected chi connectivity index (χ4v) is 4.36. The summed E-state index contributed by atoms with van der Waals surface area (Å²) in [6.45, 7) is 12.8. The smallest absolute Gasteiger partial charge is 0.408 e. The molecule has 0 radical (unpaired) electrons. The Labute approximate surface area is 225 Å². The Kier molecular flexibility index (Phi) is 9.15. The zero-order valence-electron chi connectivity index (χ0n) is 23.4. The van der Waals surface area contributed by atoms with Gasteiger partial charge in [-0.3, -0.25) is 9.59 Å². The van der Waals surface area contributed by atoms with Crippen LogP contribution in [-0.2, 0) is 14.3 Å². The van der Waals surface area contributed by atoms with Crippen molar-refractivity contribution in [1.29, 1.82) is 0 Å². The van der Waals surface area contributed by atoms with Gasteiger partial charge in [0, 0.05) is 11.7 Å². The van der Waals surface area contributed by atoms with Gasteiger partial charge in [0.15, 0.2) is 0 Å². The van der Waals surface area contributed by atoms with Gasteiger partial charge in [0.2, 0.25) is 5.91 Å². The van der Waals surface area contributed by atoms with Crippen molar-refractivity contribution in [3.63, 3.8) is 0 Å². The molecule has 3 amide bonds. The van der Waals surface area contributed by atoms with Crippen molar-refractivity contribution >= 4 is 34.4 Å². The number of ether oxygens (including phenoxy) is 1. The summed E-state index contributed by atoms with van der Waals surface area (Å²) < 4.78 is 5.30. The molecular formula is C31H39N3O4. The molecule has 0 bridgehead atoms. The maximum absolute atomic E-state index is 14.0. The van der Waals surface area contributed by atoms with E-state index in [1.807, 2.05) is 88.4 Å². The van der Waals surface area contributed by atoms with Crippen LogP contribution in [0.15, 0.2) is 60.7 Å². The van der Waals surface area contributed by atoms with Crippen molar-refractivity contribution < 1.29 is 19.1 Å². The normalized spacial score (nSPS) is 12.9. The number of nitrogens with zero attached hydrogens (tertiary/aromatic N) is 1. The Hall–Kier alpha value is -3.87. The van der Waals surface area contributed by atoms with Crippen molar-refractivity contribution in [2.75, 3.05) is 11.9 Å². The molecule has 7 heteroatoms. The lowest BCUT2D eigenvalue weighted by Crippen LogP contribution is -2.50. The van der Waals surface area contributed by atoms with Crippen LogP contribution in [0, 0.1) is 13.8 Å². The minimum absolute atomic E-state index is 0.268. The summed E-state index contributed by atoms with van der Waals surface area (Å²) in [5.74, 6) is -0.690. The van der Waals surface area contributed by atoms with E-state index in [2.05, 4.69) is 10.6 Å². The van der Waals surface area contributed by atoms with E-state index in [1.54, 1.807) is 25.7 Å². The van der Waals surface area contributed by atoms with Crippen molar-refractivity contribution in [2.24, 2.45) is 0 Å². The van der Waals surface area contributed by atoms with Crippen molar-refractivity contribution in [3.05, 3.63) is 77.4 Å². The number of nitrogens with one attached hydrogen (secondary N) is 2. The molecule has 0 fully saturated rings. The van der Waals surface area contributed by atoms with Gasteiger partial charge in [0.05, 0.1) is 0 Å². The van der Waals surface area contributed by atoms with Crippen LogP contribution in [0.25, 0.3) is 10.8 Å². The van der Waals surface area contributed by atoms with Gasteiger partial charge >= 0.3 is 6.09 Å². The third-order valence-corrected chi connectivity index (χ3v) is 6.62. The maximum Gasteiger partial charge on any atom is 0.408 e. The summed E-state index contributed by atoms with van der Waals surface area (Å²) in [4.78, 5) is 41.5. The van der Waals surface area contributed by atoms with Gasteiger partial charge in [-0.15, -0.1) is 0 Å². The van der Waals surface area contributed by atoms with Crippen LogP contribution in [0.1, 0.15) is 63.8 Å². The van der Waals surface area contributed by atoms with Crippen LogP contribution in [-0.4, -0.2) is 41.0 Å². The Bertz CT molecular complexity index is 1310. The molecule has 0 aromatic heterocycles. The SMILES string of the molecule is CCC(C)N(C(=O)CNC(=O)OC(C)(C)C)C(C(=O)Nc1ccc2ccccc2c1)c1cccc(C)c1C. The molecule has 0 aliphatic carbocycles. The molecule has 7 nitrogen and oxygen atoms in total. The van der Waals surface area contributed by atoms with Gasteiger partial charge in [0.1, 0.15) is 18.2 Å². The molecule has 0 saturated heterocycles. The van der Waals surface area contributed by atoms with Crippen LogP contribution in [0.5, 0.6) is 0 Å². The summed E-state index contributed by atoms with van der Waals surface area (Å²) in [6, 6.07) is 18.3. The van der Waals surface area contributed by atoms with Gasteiger partial charge < -0.3 is 20.3 Å². The summed E-state index contributed by atoms with van der Waals surface area (Å²) in [5, 5.41) is 7.68. The first-order valence-electron chi connectivity index (χ1n) is 13.0. The second kappa shape index (κ2) is 12.1. The quantitative estimate of drug-likeness (QED) is 0.368. The molecule has 2 unspecified atom stereocenters. The standard InChI is InChI=1S/C31H39N3O4/c1-8-21(3)34(27(35)19-32-30(37)38-31(5,6)7)28(26-15-11-12-20(2)22(26)4)29(36)33-25-17-16-23-13-9-10-14-24(23)18-25/h9-18,21,28H,8,19H2,1-7H3,(H,32,37)(H,33,36). The van der Waals surface area contributed by atoms with Crippen molar-refractivity contribution in [1.82, 2.24) is 10.2 Å². The molecule has 38 heavy (non-hydrogen) atoms. The number of aryl methyl sites for hydroxylation is 1. The Morgan fingerprint density at radius 2 is 1.63 bits per heavy atom. The van der Waals surface area contributed by atoms with Gasteiger partial charge in [-0.05, 0) is 87.6 Å². The number of rotatable bonds is 8. The molecule has 0 saturated carbocycles. The first-order valence-corrected chi connectivity index (χ1v) is 13.0. The summed E-state index contributed by atoms with van der Waals surface area (Å²) in [7, 11) is 0.